The minimum absolute atomic E-state index is 0.305. The van der Waals surface area contributed by atoms with Crippen molar-refractivity contribution in [2.75, 3.05) is 6.61 Å². The predicted molar refractivity (Wildman–Crippen MR) is 106 cm³/mol. The van der Waals surface area contributed by atoms with Crippen LogP contribution < -0.4 is 4.74 Å². The molecule has 27 heavy (non-hydrogen) atoms. The van der Waals surface area contributed by atoms with E-state index in [9.17, 15) is 0 Å². The van der Waals surface area contributed by atoms with Crippen LogP contribution in [0.2, 0.25) is 0 Å². The third kappa shape index (κ3) is 5.06. The van der Waals surface area contributed by atoms with Crippen molar-refractivity contribution >= 4 is 0 Å². The summed E-state index contributed by atoms with van der Waals surface area (Å²) < 4.78 is 13.8. The van der Waals surface area contributed by atoms with Crippen LogP contribution in [0, 0.1) is 12.8 Å². The lowest BCUT2D eigenvalue weighted by Crippen LogP contribution is -2.24. The number of pyridine rings is 1. The Morgan fingerprint density at radius 2 is 2.11 bits per heavy atom. The van der Waals surface area contributed by atoms with E-state index in [1.807, 2.05) is 26.1 Å². The Balaban J connectivity index is 1.72. The summed E-state index contributed by atoms with van der Waals surface area (Å²) in [5, 5.41) is 8.47. The molecule has 2 atom stereocenters. The second kappa shape index (κ2) is 9.31. The minimum Gasteiger partial charge on any atom is -0.489 e. The third-order valence-electron chi connectivity index (χ3n) is 5.29. The van der Waals surface area contributed by atoms with Gasteiger partial charge in [-0.1, -0.05) is 31.9 Å². The third-order valence-corrected chi connectivity index (χ3v) is 5.29. The molecule has 0 radical (unpaired) electrons. The highest BCUT2D eigenvalue weighted by Gasteiger charge is 2.22. The number of rotatable bonds is 8. The van der Waals surface area contributed by atoms with Crippen molar-refractivity contribution in [3.8, 4) is 17.1 Å². The molecule has 3 rings (SSSR count). The second-order valence-corrected chi connectivity index (χ2v) is 7.71. The van der Waals surface area contributed by atoms with E-state index < -0.39 is 0 Å². The van der Waals surface area contributed by atoms with E-state index >= 15 is 0 Å². The molecule has 2 heterocycles. The summed E-state index contributed by atoms with van der Waals surface area (Å²) >= 11 is 0. The summed E-state index contributed by atoms with van der Waals surface area (Å²) in [7, 11) is 1.89. The fourth-order valence-electron chi connectivity index (χ4n) is 3.62. The molecule has 0 saturated heterocycles. The van der Waals surface area contributed by atoms with Gasteiger partial charge in [0, 0.05) is 13.7 Å². The Morgan fingerprint density at radius 3 is 2.85 bits per heavy atom. The van der Waals surface area contributed by atoms with Crippen molar-refractivity contribution in [2.45, 2.75) is 72.0 Å². The van der Waals surface area contributed by atoms with Gasteiger partial charge >= 0.3 is 0 Å². The van der Waals surface area contributed by atoms with Crippen molar-refractivity contribution in [3.05, 3.63) is 23.5 Å². The summed E-state index contributed by atoms with van der Waals surface area (Å²) in [6, 6.07) is 4.00. The minimum atomic E-state index is 0.305. The SMILES string of the molecule is CCCCOCc1c(-c2ccc(O[C@H]3CCC[C@H](C)C3)c(C)n2)nnn1C. The predicted octanol–water partition coefficient (Wildman–Crippen LogP) is 4.46. The van der Waals surface area contributed by atoms with Gasteiger partial charge in [0.05, 0.1) is 29.8 Å². The van der Waals surface area contributed by atoms with E-state index in [1.54, 1.807) is 4.68 Å². The van der Waals surface area contributed by atoms with Gasteiger partial charge in [-0.15, -0.1) is 5.10 Å². The first-order valence-corrected chi connectivity index (χ1v) is 10.2. The van der Waals surface area contributed by atoms with E-state index in [0.717, 1.165) is 66.7 Å². The highest BCUT2D eigenvalue weighted by Crippen LogP contribution is 2.30. The van der Waals surface area contributed by atoms with Gasteiger partial charge in [0.15, 0.2) is 0 Å². The monoisotopic (exact) mass is 372 g/mol. The first kappa shape index (κ1) is 19.8. The van der Waals surface area contributed by atoms with Crippen molar-refractivity contribution < 1.29 is 9.47 Å². The highest BCUT2D eigenvalue weighted by atomic mass is 16.5. The lowest BCUT2D eigenvalue weighted by Gasteiger charge is -2.27. The van der Waals surface area contributed by atoms with Gasteiger partial charge in [-0.3, -0.25) is 0 Å². The maximum absolute atomic E-state index is 6.25. The van der Waals surface area contributed by atoms with Crippen LogP contribution >= 0.6 is 0 Å². The Bertz CT molecular complexity index is 744. The number of aryl methyl sites for hydroxylation is 2. The molecule has 1 saturated carbocycles. The Morgan fingerprint density at radius 1 is 1.26 bits per heavy atom. The number of aromatic nitrogens is 4. The van der Waals surface area contributed by atoms with Gasteiger partial charge in [-0.25, -0.2) is 9.67 Å². The van der Waals surface area contributed by atoms with E-state index in [1.165, 1.54) is 12.8 Å². The average molecular weight is 373 g/mol. The molecule has 6 heteroatoms. The van der Waals surface area contributed by atoms with E-state index in [4.69, 9.17) is 14.5 Å². The number of nitrogens with zero attached hydrogens (tertiary/aromatic N) is 4. The zero-order valence-electron chi connectivity index (χ0n) is 17.1. The first-order valence-electron chi connectivity index (χ1n) is 10.2. The van der Waals surface area contributed by atoms with E-state index in [-0.39, 0.29) is 0 Å². The Hall–Kier alpha value is -1.95. The fourth-order valence-corrected chi connectivity index (χ4v) is 3.62. The van der Waals surface area contributed by atoms with E-state index in [0.29, 0.717) is 12.7 Å². The van der Waals surface area contributed by atoms with Crippen LogP contribution in [-0.2, 0) is 18.4 Å². The van der Waals surface area contributed by atoms with Crippen molar-refractivity contribution in [1.82, 2.24) is 20.0 Å². The molecule has 1 aliphatic carbocycles. The zero-order valence-corrected chi connectivity index (χ0v) is 17.1. The Kier molecular flexibility index (Phi) is 6.83. The van der Waals surface area contributed by atoms with Gasteiger partial charge < -0.3 is 9.47 Å². The zero-order chi connectivity index (χ0) is 19.2. The van der Waals surface area contributed by atoms with Crippen LogP contribution in [0.5, 0.6) is 5.75 Å². The molecule has 2 aromatic heterocycles. The maximum atomic E-state index is 6.25. The van der Waals surface area contributed by atoms with Crippen molar-refractivity contribution in [3.63, 3.8) is 0 Å². The summed E-state index contributed by atoms with van der Waals surface area (Å²) in [5.74, 6) is 1.62. The first-order chi connectivity index (χ1) is 13.1. The number of ether oxygens (including phenoxy) is 2. The topological polar surface area (TPSA) is 62.1 Å². The second-order valence-electron chi connectivity index (χ2n) is 7.71. The quantitative estimate of drug-likeness (QED) is 0.640. The molecule has 0 spiro atoms. The molecular formula is C21H32N4O2. The number of hydrogen-bond acceptors (Lipinski definition) is 5. The summed E-state index contributed by atoms with van der Waals surface area (Å²) in [5.41, 5.74) is 3.45. The number of unbranched alkanes of at least 4 members (excludes halogenated alkanes) is 1. The molecule has 148 valence electrons. The molecule has 0 N–H and O–H groups in total. The van der Waals surface area contributed by atoms with Crippen molar-refractivity contribution in [2.24, 2.45) is 13.0 Å². The molecule has 0 aliphatic heterocycles. The van der Waals surface area contributed by atoms with Crippen LogP contribution in [0.3, 0.4) is 0 Å². The van der Waals surface area contributed by atoms with Gasteiger partial charge in [0.25, 0.3) is 0 Å². The molecular weight excluding hydrogens is 340 g/mol. The van der Waals surface area contributed by atoms with Gasteiger partial charge in [0.2, 0.25) is 0 Å². The summed E-state index contributed by atoms with van der Waals surface area (Å²) in [6.45, 7) is 7.71. The molecule has 0 bridgehead atoms. The fraction of sp³-hybridized carbons (Fsp3) is 0.667. The van der Waals surface area contributed by atoms with Gasteiger partial charge in [-0.2, -0.15) is 0 Å². The Labute approximate surface area is 162 Å². The van der Waals surface area contributed by atoms with Gasteiger partial charge in [0.1, 0.15) is 11.4 Å². The van der Waals surface area contributed by atoms with Crippen LogP contribution in [0.25, 0.3) is 11.4 Å². The normalized spacial score (nSPS) is 20.0. The molecule has 1 fully saturated rings. The molecule has 0 amide bonds. The molecule has 6 nitrogen and oxygen atoms in total. The lowest BCUT2D eigenvalue weighted by molar-refractivity contribution is 0.113. The summed E-state index contributed by atoms with van der Waals surface area (Å²) in [6.07, 6.45) is 7.31. The van der Waals surface area contributed by atoms with Crippen LogP contribution in [0.1, 0.15) is 63.8 Å². The van der Waals surface area contributed by atoms with Crippen LogP contribution in [-0.4, -0.2) is 32.7 Å². The van der Waals surface area contributed by atoms with Crippen LogP contribution in [0.15, 0.2) is 12.1 Å². The maximum Gasteiger partial charge on any atom is 0.140 e. The smallest absolute Gasteiger partial charge is 0.140 e. The average Bonchev–Trinajstić information content (AvgIpc) is 3.01. The van der Waals surface area contributed by atoms with Crippen LogP contribution in [0.4, 0.5) is 0 Å². The summed E-state index contributed by atoms with van der Waals surface area (Å²) in [4.78, 5) is 4.75. The van der Waals surface area contributed by atoms with Gasteiger partial charge in [-0.05, 0) is 50.7 Å². The largest absolute Gasteiger partial charge is 0.489 e. The standard InChI is InChI=1S/C21H32N4O2/c1-5-6-12-26-14-19-21(23-24-25(19)4)18-10-11-20(16(3)22-18)27-17-9-7-8-15(2)13-17/h10-11,15,17H,5-9,12-14H2,1-4H3/t15-,17-/m0/s1. The molecule has 0 unspecified atom stereocenters. The highest BCUT2D eigenvalue weighted by molar-refractivity contribution is 5.58. The molecule has 0 aromatic carbocycles. The molecule has 2 aromatic rings. The molecule has 1 aliphatic rings. The number of hydrogen-bond donors (Lipinski definition) is 0. The van der Waals surface area contributed by atoms with Crippen molar-refractivity contribution in [1.29, 1.82) is 0 Å². The lowest BCUT2D eigenvalue weighted by atomic mass is 9.89. The van der Waals surface area contributed by atoms with E-state index in [2.05, 4.69) is 24.2 Å².